The van der Waals surface area contributed by atoms with Gasteiger partial charge in [-0.3, -0.25) is 29.2 Å². The second kappa shape index (κ2) is 6.92. The Hall–Kier alpha value is -2.06. The lowest BCUT2D eigenvalue weighted by atomic mass is 9.63. The molecule has 2 aromatic rings. The van der Waals surface area contributed by atoms with Crippen LogP contribution < -0.4 is 21.3 Å². The molecule has 0 spiro atoms. The van der Waals surface area contributed by atoms with Crippen molar-refractivity contribution in [3.05, 3.63) is 43.2 Å². The molecule has 0 saturated heterocycles. The molecule has 0 amide bonds. The Bertz CT molecular complexity index is 821. The van der Waals surface area contributed by atoms with Crippen LogP contribution in [0.5, 0.6) is 0 Å². The monoisotopic (exact) mass is 362 g/mol. The summed E-state index contributed by atoms with van der Waals surface area (Å²) in [6, 6.07) is 0. The quantitative estimate of drug-likeness (QED) is 0.683. The predicted octanol–water partition coefficient (Wildman–Crippen LogP) is -1.02. The Morgan fingerprint density at radius 3 is 1.46 bits per heavy atom. The van der Waals surface area contributed by atoms with Crippen molar-refractivity contribution in [3.63, 3.8) is 0 Å². The molecule has 0 radical (unpaired) electrons. The first-order valence-electron chi connectivity index (χ1n) is 9.20. The van der Waals surface area contributed by atoms with Crippen LogP contribution in [0.15, 0.2) is 9.59 Å². The van der Waals surface area contributed by atoms with Gasteiger partial charge in [0.25, 0.3) is 11.1 Å². The molecule has 1 saturated carbocycles. The molecule has 144 valence electrons. The molecule has 3 rings (SSSR count). The first-order valence-corrected chi connectivity index (χ1v) is 9.20. The van der Waals surface area contributed by atoms with Crippen LogP contribution in [0.2, 0.25) is 0 Å². The normalized spacial score (nSPS) is 25.5. The number of H-pyrrole nitrogens is 2. The third-order valence-electron chi connectivity index (χ3n) is 5.41. The Morgan fingerprint density at radius 2 is 1.15 bits per heavy atom. The van der Waals surface area contributed by atoms with Crippen LogP contribution in [0.1, 0.15) is 61.0 Å². The smallest absolute Gasteiger partial charge is 0.269 e. The van der Waals surface area contributed by atoms with Crippen molar-refractivity contribution in [1.29, 1.82) is 0 Å². The fourth-order valence-corrected chi connectivity index (χ4v) is 4.15. The molecule has 1 aliphatic carbocycles. The molecular formula is C18H26N4O4-2. The van der Waals surface area contributed by atoms with E-state index in [1.165, 1.54) is 9.36 Å². The molecule has 0 bridgehead atoms. The molecule has 0 aromatic carbocycles. The maximum absolute atomic E-state index is 13.0. The summed E-state index contributed by atoms with van der Waals surface area (Å²) in [5, 5.41) is 31.9. The zero-order valence-corrected chi connectivity index (χ0v) is 15.7. The lowest BCUT2D eigenvalue weighted by Gasteiger charge is -2.60. The molecule has 0 aliphatic heterocycles. The van der Waals surface area contributed by atoms with Gasteiger partial charge in [0.05, 0.1) is 0 Å². The van der Waals surface area contributed by atoms with Gasteiger partial charge in [-0.1, -0.05) is 26.7 Å². The van der Waals surface area contributed by atoms with Gasteiger partial charge in [-0.2, -0.15) is 0 Å². The van der Waals surface area contributed by atoms with Gasteiger partial charge >= 0.3 is 0 Å². The summed E-state index contributed by atoms with van der Waals surface area (Å²) in [4.78, 5) is 24.9. The molecular weight excluding hydrogens is 336 g/mol. The van der Waals surface area contributed by atoms with Crippen molar-refractivity contribution in [2.75, 3.05) is 0 Å². The van der Waals surface area contributed by atoms with Gasteiger partial charge in [-0.25, -0.2) is 0 Å². The van der Waals surface area contributed by atoms with E-state index in [-0.39, 0.29) is 11.1 Å². The molecule has 8 nitrogen and oxygen atoms in total. The number of rotatable bonds is 6. The van der Waals surface area contributed by atoms with Crippen LogP contribution in [-0.2, 0) is 26.9 Å². The van der Waals surface area contributed by atoms with Crippen LogP contribution >= 0.6 is 0 Å². The number of nitrogens with one attached hydrogen (secondary N) is 2. The third-order valence-corrected chi connectivity index (χ3v) is 5.41. The fourth-order valence-electron chi connectivity index (χ4n) is 4.15. The van der Waals surface area contributed by atoms with Crippen molar-refractivity contribution in [2.24, 2.45) is 14.1 Å². The summed E-state index contributed by atoms with van der Waals surface area (Å²) in [6.07, 6.45) is 0.258. The molecule has 2 aromatic heterocycles. The van der Waals surface area contributed by atoms with Crippen molar-refractivity contribution in [1.82, 2.24) is 19.6 Å². The fraction of sp³-hybridized carbons (Fsp3) is 0.667. The van der Waals surface area contributed by atoms with Crippen LogP contribution in [0.3, 0.4) is 0 Å². The van der Waals surface area contributed by atoms with Gasteiger partial charge in [-0.05, 0) is 24.7 Å². The lowest BCUT2D eigenvalue weighted by Crippen LogP contribution is -2.65. The molecule has 8 heteroatoms. The minimum absolute atomic E-state index is 0.311. The largest absolute Gasteiger partial charge is 0.851 e. The number of hydrogen-bond donors (Lipinski definition) is 2. The summed E-state index contributed by atoms with van der Waals surface area (Å²) >= 11 is 0. The average molecular weight is 362 g/mol. The van der Waals surface area contributed by atoms with Crippen molar-refractivity contribution in [3.8, 4) is 0 Å². The maximum atomic E-state index is 13.0. The Labute approximate surface area is 151 Å². The van der Waals surface area contributed by atoms with E-state index in [0.29, 0.717) is 35.4 Å². The van der Waals surface area contributed by atoms with E-state index < -0.39 is 24.0 Å². The summed E-state index contributed by atoms with van der Waals surface area (Å²) in [5.74, 6) is -1.80. The summed E-state index contributed by atoms with van der Waals surface area (Å²) in [6.45, 7) is 3.95. The van der Waals surface area contributed by atoms with Gasteiger partial charge in [0.1, 0.15) is 0 Å². The van der Waals surface area contributed by atoms with Gasteiger partial charge in [0.2, 0.25) is 0 Å². The molecule has 26 heavy (non-hydrogen) atoms. The van der Waals surface area contributed by atoms with Gasteiger partial charge in [0.15, 0.2) is 0 Å². The minimum Gasteiger partial charge on any atom is -0.851 e. The second-order valence-electron chi connectivity index (χ2n) is 7.22. The summed E-state index contributed by atoms with van der Waals surface area (Å²) in [7, 11) is 3.17. The van der Waals surface area contributed by atoms with E-state index in [1.54, 1.807) is 14.1 Å². The van der Waals surface area contributed by atoms with Crippen LogP contribution in [-0.4, -0.2) is 31.8 Å². The number of hydrogen-bond acceptors (Lipinski definition) is 4. The topological polar surface area (TPSA) is 122 Å². The number of nitrogens with zero attached hydrogens (tertiary/aromatic N) is 2. The zero-order valence-electron chi connectivity index (χ0n) is 15.7. The van der Waals surface area contributed by atoms with Crippen molar-refractivity contribution in [2.45, 2.75) is 63.6 Å². The van der Waals surface area contributed by atoms with Crippen LogP contribution in [0, 0.1) is 0 Å². The van der Waals surface area contributed by atoms with Gasteiger partial charge in [0, 0.05) is 36.6 Å². The maximum Gasteiger partial charge on any atom is 0.269 e. The van der Waals surface area contributed by atoms with Crippen LogP contribution in [0.4, 0.5) is 0 Å². The number of aromatic nitrogens is 4. The van der Waals surface area contributed by atoms with E-state index in [0.717, 1.165) is 12.8 Å². The highest BCUT2D eigenvalue weighted by atomic mass is 16.3. The average Bonchev–Trinajstić information content (AvgIpc) is 3.01. The molecule has 0 atom stereocenters. The van der Waals surface area contributed by atoms with E-state index in [9.17, 15) is 19.8 Å². The Balaban J connectivity index is 2.00. The Morgan fingerprint density at radius 1 is 0.808 bits per heavy atom. The predicted molar refractivity (Wildman–Crippen MR) is 93.1 cm³/mol. The number of aromatic amines is 2. The van der Waals surface area contributed by atoms with Gasteiger partial charge < -0.3 is 10.2 Å². The molecule has 1 aliphatic rings. The molecule has 2 N–H and O–H groups in total. The summed E-state index contributed by atoms with van der Waals surface area (Å²) in [5.41, 5.74) is 1.34. The SMILES string of the molecule is CCCc1[nH]n(C)c(=O)c1C1C([O-])C(c2c(CCC)[nH]n(C)c2=O)C1[O-]. The first-order chi connectivity index (χ1) is 12.3. The van der Waals surface area contributed by atoms with E-state index in [4.69, 9.17) is 0 Å². The third kappa shape index (κ3) is 2.68. The second-order valence-corrected chi connectivity index (χ2v) is 7.22. The molecule has 1 fully saturated rings. The lowest BCUT2D eigenvalue weighted by molar-refractivity contribution is -0.536. The zero-order chi connectivity index (χ0) is 19.2. The van der Waals surface area contributed by atoms with Crippen LogP contribution in [0.25, 0.3) is 0 Å². The summed E-state index contributed by atoms with van der Waals surface area (Å²) < 4.78 is 2.65. The standard InChI is InChI=1S/C18H26N4O4/c1-5-7-9-11(17(25)21(3)19-9)13-15(23)14(16(13)24)12-10(8-6-2)20-22(4)18(12)26/h13-16,19-20H,5-8H2,1-4H3/q-2. The first kappa shape index (κ1) is 18.7. The molecule has 0 unspecified atom stereocenters. The van der Waals surface area contributed by atoms with E-state index in [2.05, 4.69) is 10.2 Å². The molecule has 2 heterocycles. The van der Waals surface area contributed by atoms with Crippen molar-refractivity contribution < 1.29 is 10.2 Å². The van der Waals surface area contributed by atoms with E-state index in [1.807, 2.05) is 13.8 Å². The highest BCUT2D eigenvalue weighted by Gasteiger charge is 2.43. The highest BCUT2D eigenvalue weighted by Crippen LogP contribution is 2.45. The van der Waals surface area contributed by atoms with Gasteiger partial charge in [-0.15, -0.1) is 12.2 Å². The van der Waals surface area contributed by atoms with E-state index >= 15 is 0 Å². The number of aryl methyl sites for hydroxylation is 4. The minimum atomic E-state index is -1.28. The Kier molecular flexibility index (Phi) is 4.98. The van der Waals surface area contributed by atoms with Crippen molar-refractivity contribution >= 4 is 0 Å². The highest BCUT2D eigenvalue weighted by molar-refractivity contribution is 5.37.